The smallest absolute Gasteiger partial charge is 0.140 e. The average Bonchev–Trinajstić information content (AvgIpc) is 2.74. The van der Waals surface area contributed by atoms with Crippen LogP contribution >= 0.6 is 15.9 Å². The third-order valence-corrected chi connectivity index (χ3v) is 2.80. The molecule has 0 atom stereocenters. The Hall–Kier alpha value is -1.36. The Balaban J connectivity index is 1.90. The van der Waals surface area contributed by atoms with Gasteiger partial charge in [0.1, 0.15) is 5.82 Å². The predicted molar refractivity (Wildman–Crippen MR) is 67.4 cm³/mol. The van der Waals surface area contributed by atoms with E-state index in [9.17, 15) is 0 Å². The van der Waals surface area contributed by atoms with Crippen LogP contribution in [-0.4, -0.2) is 21.1 Å². The van der Waals surface area contributed by atoms with Crippen LogP contribution in [-0.2, 0) is 6.54 Å². The summed E-state index contributed by atoms with van der Waals surface area (Å²) in [5.74, 6) is 0.880. The van der Waals surface area contributed by atoms with Crippen LogP contribution in [0.5, 0.6) is 0 Å². The second kappa shape index (κ2) is 5.12. The topological polar surface area (TPSA) is 42.7 Å². The Morgan fingerprint density at radius 3 is 3.06 bits per heavy atom. The number of nitrogens with one attached hydrogen (secondary N) is 1. The minimum Gasteiger partial charge on any atom is -0.367 e. The zero-order chi connectivity index (χ0) is 11.4. The summed E-state index contributed by atoms with van der Waals surface area (Å²) in [6, 6.07) is 2.05. The van der Waals surface area contributed by atoms with E-state index >= 15 is 0 Å². The number of hydrogen-bond donors (Lipinski definition) is 1. The van der Waals surface area contributed by atoms with Crippen molar-refractivity contribution in [2.45, 2.75) is 13.5 Å². The lowest BCUT2D eigenvalue weighted by atomic mass is 10.3. The Morgan fingerprint density at radius 2 is 2.38 bits per heavy atom. The SMILES string of the molecule is Cc1cnc(NCCn2ccnc2)c(Br)c1. The van der Waals surface area contributed by atoms with Crippen LogP contribution in [0.1, 0.15) is 5.56 Å². The highest BCUT2D eigenvalue weighted by Gasteiger charge is 2.00. The fourth-order valence-electron chi connectivity index (χ4n) is 1.39. The van der Waals surface area contributed by atoms with Gasteiger partial charge in [0.2, 0.25) is 0 Å². The van der Waals surface area contributed by atoms with Gasteiger partial charge in [-0.2, -0.15) is 0 Å². The Bertz CT molecular complexity index is 453. The van der Waals surface area contributed by atoms with Crippen molar-refractivity contribution in [1.82, 2.24) is 14.5 Å². The van der Waals surface area contributed by atoms with E-state index in [2.05, 4.69) is 31.2 Å². The van der Waals surface area contributed by atoms with Crippen molar-refractivity contribution in [1.29, 1.82) is 0 Å². The minimum absolute atomic E-state index is 0.824. The number of anilines is 1. The number of aromatic nitrogens is 3. The van der Waals surface area contributed by atoms with E-state index in [1.54, 1.807) is 12.5 Å². The summed E-state index contributed by atoms with van der Waals surface area (Å²) in [4.78, 5) is 8.30. The highest BCUT2D eigenvalue weighted by atomic mass is 79.9. The van der Waals surface area contributed by atoms with E-state index in [4.69, 9.17) is 0 Å². The maximum absolute atomic E-state index is 4.31. The lowest BCUT2D eigenvalue weighted by molar-refractivity contribution is 0.725. The molecule has 2 heterocycles. The Kier molecular flexibility index (Phi) is 3.56. The van der Waals surface area contributed by atoms with Crippen molar-refractivity contribution in [2.75, 3.05) is 11.9 Å². The van der Waals surface area contributed by atoms with Crippen molar-refractivity contribution in [3.05, 3.63) is 41.0 Å². The summed E-state index contributed by atoms with van der Waals surface area (Å²) in [5, 5.41) is 3.27. The van der Waals surface area contributed by atoms with Gasteiger partial charge in [0.05, 0.1) is 10.8 Å². The van der Waals surface area contributed by atoms with Crippen LogP contribution < -0.4 is 5.32 Å². The fraction of sp³-hybridized carbons (Fsp3) is 0.273. The van der Waals surface area contributed by atoms with Gasteiger partial charge in [-0.3, -0.25) is 0 Å². The molecule has 0 aliphatic heterocycles. The molecule has 0 fully saturated rings. The van der Waals surface area contributed by atoms with Gasteiger partial charge in [0.25, 0.3) is 0 Å². The van der Waals surface area contributed by atoms with Gasteiger partial charge >= 0.3 is 0 Å². The molecule has 5 heteroatoms. The molecule has 0 saturated heterocycles. The number of halogens is 1. The second-order valence-electron chi connectivity index (χ2n) is 3.57. The predicted octanol–water partition coefficient (Wildman–Crippen LogP) is 2.46. The molecule has 1 N–H and O–H groups in total. The number of nitrogens with zero attached hydrogens (tertiary/aromatic N) is 3. The molecule has 2 aromatic heterocycles. The zero-order valence-corrected chi connectivity index (χ0v) is 10.6. The Labute approximate surface area is 103 Å². The summed E-state index contributed by atoms with van der Waals surface area (Å²) in [7, 11) is 0. The lowest BCUT2D eigenvalue weighted by Gasteiger charge is -2.08. The third-order valence-electron chi connectivity index (χ3n) is 2.20. The molecule has 0 spiro atoms. The van der Waals surface area contributed by atoms with Crippen LogP contribution in [0.25, 0.3) is 0 Å². The minimum atomic E-state index is 0.824. The van der Waals surface area contributed by atoms with Crippen molar-refractivity contribution in [2.24, 2.45) is 0 Å². The quantitative estimate of drug-likeness (QED) is 0.936. The number of hydrogen-bond acceptors (Lipinski definition) is 3. The number of imidazole rings is 1. The van der Waals surface area contributed by atoms with Crippen LogP contribution in [0.4, 0.5) is 5.82 Å². The summed E-state index contributed by atoms with van der Waals surface area (Å²) >= 11 is 3.48. The molecule has 2 aromatic rings. The molecule has 16 heavy (non-hydrogen) atoms. The van der Waals surface area contributed by atoms with Gasteiger partial charge in [-0.25, -0.2) is 9.97 Å². The fourth-order valence-corrected chi connectivity index (χ4v) is 1.99. The zero-order valence-electron chi connectivity index (χ0n) is 9.02. The summed E-state index contributed by atoms with van der Waals surface area (Å²) in [6.45, 7) is 3.72. The second-order valence-corrected chi connectivity index (χ2v) is 4.42. The first-order valence-electron chi connectivity index (χ1n) is 5.07. The van der Waals surface area contributed by atoms with Crippen molar-refractivity contribution < 1.29 is 0 Å². The molecular formula is C11H13BrN4. The van der Waals surface area contributed by atoms with Gasteiger partial charge in [0.15, 0.2) is 0 Å². The summed E-state index contributed by atoms with van der Waals surface area (Å²) in [6.07, 6.45) is 7.38. The molecular weight excluding hydrogens is 268 g/mol. The van der Waals surface area contributed by atoms with E-state index in [-0.39, 0.29) is 0 Å². The van der Waals surface area contributed by atoms with Gasteiger partial charge < -0.3 is 9.88 Å². The van der Waals surface area contributed by atoms with E-state index in [0.29, 0.717) is 0 Å². The molecule has 0 aliphatic carbocycles. The van der Waals surface area contributed by atoms with Crippen molar-refractivity contribution in [3.8, 4) is 0 Å². The highest BCUT2D eigenvalue weighted by Crippen LogP contribution is 2.19. The molecule has 0 bridgehead atoms. The van der Waals surface area contributed by atoms with E-state index < -0.39 is 0 Å². The first-order chi connectivity index (χ1) is 7.75. The van der Waals surface area contributed by atoms with Crippen LogP contribution in [0.3, 0.4) is 0 Å². The first-order valence-corrected chi connectivity index (χ1v) is 5.87. The molecule has 0 saturated carbocycles. The molecule has 0 aliphatic rings. The largest absolute Gasteiger partial charge is 0.367 e. The van der Waals surface area contributed by atoms with Gasteiger partial charge in [0, 0.05) is 31.7 Å². The van der Waals surface area contributed by atoms with Gasteiger partial charge in [-0.05, 0) is 34.5 Å². The summed E-state index contributed by atoms with van der Waals surface area (Å²) in [5.41, 5.74) is 1.15. The standard InChI is InChI=1S/C11H13BrN4/c1-9-6-10(12)11(15-7-9)14-3-5-16-4-2-13-8-16/h2,4,6-8H,3,5H2,1H3,(H,14,15). The van der Waals surface area contributed by atoms with Crippen LogP contribution in [0.15, 0.2) is 35.5 Å². The summed E-state index contributed by atoms with van der Waals surface area (Å²) < 4.78 is 3.02. The molecule has 0 unspecified atom stereocenters. The van der Waals surface area contributed by atoms with E-state index in [0.717, 1.165) is 28.9 Å². The lowest BCUT2D eigenvalue weighted by Crippen LogP contribution is -2.10. The van der Waals surface area contributed by atoms with Crippen molar-refractivity contribution >= 4 is 21.7 Å². The molecule has 84 valence electrons. The number of rotatable bonds is 4. The first kappa shape index (κ1) is 11.1. The maximum atomic E-state index is 4.31. The number of aryl methyl sites for hydroxylation is 1. The molecule has 4 nitrogen and oxygen atoms in total. The van der Waals surface area contributed by atoms with Crippen molar-refractivity contribution in [3.63, 3.8) is 0 Å². The van der Waals surface area contributed by atoms with Crippen LogP contribution in [0, 0.1) is 6.92 Å². The highest BCUT2D eigenvalue weighted by molar-refractivity contribution is 9.10. The van der Waals surface area contributed by atoms with Gasteiger partial charge in [-0.15, -0.1) is 0 Å². The normalized spacial score (nSPS) is 10.4. The third kappa shape index (κ3) is 2.82. The van der Waals surface area contributed by atoms with E-state index in [1.807, 2.05) is 30.0 Å². The van der Waals surface area contributed by atoms with E-state index in [1.165, 1.54) is 0 Å². The van der Waals surface area contributed by atoms with Gasteiger partial charge in [-0.1, -0.05) is 0 Å². The Morgan fingerprint density at radius 1 is 1.50 bits per heavy atom. The monoisotopic (exact) mass is 280 g/mol. The molecule has 0 radical (unpaired) electrons. The number of pyridine rings is 1. The average molecular weight is 281 g/mol. The molecule has 2 rings (SSSR count). The molecule has 0 amide bonds. The van der Waals surface area contributed by atoms with Crippen LogP contribution in [0.2, 0.25) is 0 Å². The maximum Gasteiger partial charge on any atom is 0.140 e. The molecule has 0 aromatic carbocycles.